The number of halogens is 1. The lowest BCUT2D eigenvalue weighted by molar-refractivity contribution is 0.142. The first kappa shape index (κ1) is 11.2. The Morgan fingerprint density at radius 1 is 1.47 bits per heavy atom. The van der Waals surface area contributed by atoms with Gasteiger partial charge in [-0.05, 0) is 46.9 Å². The van der Waals surface area contributed by atoms with Gasteiger partial charge in [-0.1, -0.05) is 20.3 Å². The topological polar surface area (TPSA) is 25.2 Å². The Labute approximate surface area is 99.6 Å². The summed E-state index contributed by atoms with van der Waals surface area (Å²) in [6.07, 6.45) is 2.44. The van der Waals surface area contributed by atoms with Gasteiger partial charge in [0.15, 0.2) is 4.67 Å². The van der Waals surface area contributed by atoms with Gasteiger partial charge in [-0.15, -0.1) is 0 Å². The zero-order valence-electron chi connectivity index (χ0n) is 9.29. The van der Waals surface area contributed by atoms with Gasteiger partial charge in [0.05, 0.1) is 0 Å². The summed E-state index contributed by atoms with van der Waals surface area (Å²) in [6.45, 7) is 5.50. The summed E-state index contributed by atoms with van der Waals surface area (Å²) in [7, 11) is 0. The predicted molar refractivity (Wildman–Crippen MR) is 65.0 cm³/mol. The minimum absolute atomic E-state index is 0.616. The van der Waals surface area contributed by atoms with E-state index in [2.05, 4.69) is 41.2 Å². The molecule has 15 heavy (non-hydrogen) atoms. The average molecular weight is 272 g/mol. The Hall–Kier alpha value is -0.280. The third-order valence-electron chi connectivity index (χ3n) is 3.44. The van der Waals surface area contributed by atoms with E-state index in [9.17, 15) is 0 Å². The van der Waals surface area contributed by atoms with Crippen LogP contribution in [0.3, 0.4) is 0 Å². The summed E-state index contributed by atoms with van der Waals surface area (Å²) < 4.78 is 6.48. The van der Waals surface area contributed by atoms with Gasteiger partial charge in [0.25, 0.3) is 0 Å². The van der Waals surface area contributed by atoms with Crippen LogP contribution in [-0.2, 0) is 0 Å². The Balaban J connectivity index is 2.01. The molecule has 1 aliphatic carbocycles. The highest BCUT2D eigenvalue weighted by Crippen LogP contribution is 2.45. The molecule has 1 aliphatic rings. The normalized spacial score (nSPS) is 30.2. The average Bonchev–Trinajstić information content (AvgIpc) is 2.59. The molecular weight excluding hydrogens is 254 g/mol. The minimum Gasteiger partial charge on any atom is -0.454 e. The van der Waals surface area contributed by atoms with E-state index in [1.165, 1.54) is 12.8 Å². The van der Waals surface area contributed by atoms with E-state index in [0.717, 1.165) is 22.9 Å². The summed E-state index contributed by atoms with van der Waals surface area (Å²) in [6, 6.07) is 4.77. The lowest BCUT2D eigenvalue weighted by atomic mass is 9.67. The second-order valence-corrected chi connectivity index (χ2v) is 5.00. The minimum atomic E-state index is 0.616. The number of nitrogens with one attached hydrogen (secondary N) is 1. The maximum Gasteiger partial charge on any atom is 0.169 e. The van der Waals surface area contributed by atoms with Crippen molar-refractivity contribution >= 4 is 15.9 Å². The predicted octanol–water partition coefficient (Wildman–Crippen LogP) is 3.53. The zero-order chi connectivity index (χ0) is 10.8. The maximum atomic E-state index is 5.63. The van der Waals surface area contributed by atoms with Crippen LogP contribution in [0.1, 0.15) is 38.4 Å². The van der Waals surface area contributed by atoms with Crippen LogP contribution < -0.4 is 5.32 Å². The molecule has 1 N–H and O–H groups in total. The van der Waals surface area contributed by atoms with Crippen molar-refractivity contribution in [2.24, 2.45) is 5.92 Å². The van der Waals surface area contributed by atoms with Crippen molar-refractivity contribution in [3.8, 4) is 0 Å². The van der Waals surface area contributed by atoms with Gasteiger partial charge in [-0.3, -0.25) is 0 Å². The molecule has 0 spiro atoms. The molecule has 0 aromatic carbocycles. The van der Waals surface area contributed by atoms with E-state index < -0.39 is 0 Å². The van der Waals surface area contributed by atoms with E-state index in [-0.39, 0.29) is 0 Å². The molecule has 3 atom stereocenters. The summed E-state index contributed by atoms with van der Waals surface area (Å²) in [4.78, 5) is 0. The molecule has 0 bridgehead atoms. The Morgan fingerprint density at radius 2 is 2.27 bits per heavy atom. The third-order valence-corrected chi connectivity index (χ3v) is 3.86. The van der Waals surface area contributed by atoms with E-state index in [4.69, 9.17) is 4.42 Å². The monoisotopic (exact) mass is 271 g/mol. The summed E-state index contributed by atoms with van der Waals surface area (Å²) in [5.41, 5.74) is 0. The van der Waals surface area contributed by atoms with E-state index in [1.54, 1.807) is 0 Å². The van der Waals surface area contributed by atoms with Crippen molar-refractivity contribution in [2.45, 2.75) is 38.6 Å². The standard InChI is InChI=1S/C12H18BrNO/c1-3-8-9(7-10(8)14-4-2)11-5-6-12(13)15-11/h5-6,8-10,14H,3-4,7H2,1-2H3. The highest BCUT2D eigenvalue weighted by Gasteiger charge is 2.41. The van der Waals surface area contributed by atoms with E-state index in [0.29, 0.717) is 12.0 Å². The van der Waals surface area contributed by atoms with Crippen molar-refractivity contribution in [2.75, 3.05) is 6.54 Å². The van der Waals surface area contributed by atoms with Crippen molar-refractivity contribution in [1.82, 2.24) is 5.32 Å². The first-order valence-corrected chi connectivity index (χ1v) is 6.54. The molecule has 3 heteroatoms. The summed E-state index contributed by atoms with van der Waals surface area (Å²) in [5, 5.41) is 3.54. The molecule has 2 nitrogen and oxygen atoms in total. The van der Waals surface area contributed by atoms with Crippen molar-refractivity contribution in [3.05, 3.63) is 22.6 Å². The van der Waals surface area contributed by atoms with E-state index in [1.807, 2.05) is 6.07 Å². The zero-order valence-corrected chi connectivity index (χ0v) is 10.9. The molecule has 1 saturated carbocycles. The highest BCUT2D eigenvalue weighted by molar-refractivity contribution is 9.10. The fraction of sp³-hybridized carbons (Fsp3) is 0.667. The van der Waals surface area contributed by atoms with Gasteiger partial charge in [0.1, 0.15) is 5.76 Å². The second-order valence-electron chi connectivity index (χ2n) is 4.22. The van der Waals surface area contributed by atoms with Gasteiger partial charge in [-0.2, -0.15) is 0 Å². The Morgan fingerprint density at radius 3 is 2.80 bits per heavy atom. The lowest BCUT2D eigenvalue weighted by Crippen LogP contribution is -2.48. The molecule has 1 fully saturated rings. The van der Waals surface area contributed by atoms with Gasteiger partial charge in [0, 0.05) is 12.0 Å². The van der Waals surface area contributed by atoms with Gasteiger partial charge >= 0.3 is 0 Å². The fourth-order valence-electron chi connectivity index (χ4n) is 2.63. The maximum absolute atomic E-state index is 5.63. The number of furan rings is 1. The molecule has 84 valence electrons. The summed E-state index contributed by atoms with van der Waals surface area (Å²) >= 11 is 3.36. The number of hydrogen-bond acceptors (Lipinski definition) is 2. The molecule has 2 rings (SSSR count). The van der Waals surface area contributed by atoms with Crippen LogP contribution in [0, 0.1) is 5.92 Å². The Bertz CT molecular complexity index is 323. The fourth-order valence-corrected chi connectivity index (χ4v) is 2.95. The van der Waals surface area contributed by atoms with Crippen LogP contribution in [0.5, 0.6) is 0 Å². The van der Waals surface area contributed by atoms with Gasteiger partial charge in [-0.25, -0.2) is 0 Å². The smallest absolute Gasteiger partial charge is 0.169 e. The van der Waals surface area contributed by atoms with Crippen LogP contribution in [0.2, 0.25) is 0 Å². The molecule has 0 aliphatic heterocycles. The second kappa shape index (κ2) is 4.71. The quantitative estimate of drug-likeness (QED) is 0.907. The Kier molecular flexibility index (Phi) is 3.52. The van der Waals surface area contributed by atoms with Crippen molar-refractivity contribution < 1.29 is 4.42 Å². The number of hydrogen-bond donors (Lipinski definition) is 1. The molecule has 0 radical (unpaired) electrons. The molecule has 0 amide bonds. The van der Waals surface area contributed by atoms with Crippen molar-refractivity contribution in [1.29, 1.82) is 0 Å². The molecule has 1 aromatic rings. The van der Waals surface area contributed by atoms with E-state index >= 15 is 0 Å². The van der Waals surface area contributed by atoms with Crippen LogP contribution in [0.15, 0.2) is 21.2 Å². The van der Waals surface area contributed by atoms with Crippen LogP contribution in [0.25, 0.3) is 0 Å². The van der Waals surface area contributed by atoms with Crippen molar-refractivity contribution in [3.63, 3.8) is 0 Å². The van der Waals surface area contributed by atoms with Crippen LogP contribution in [-0.4, -0.2) is 12.6 Å². The largest absolute Gasteiger partial charge is 0.454 e. The lowest BCUT2D eigenvalue weighted by Gasteiger charge is -2.44. The molecular formula is C12H18BrNO. The SMILES string of the molecule is CCNC1CC(c2ccc(Br)o2)C1CC. The number of rotatable bonds is 4. The van der Waals surface area contributed by atoms with Crippen LogP contribution >= 0.6 is 15.9 Å². The summed E-state index contributed by atoms with van der Waals surface area (Å²) in [5.74, 6) is 2.50. The third kappa shape index (κ3) is 2.13. The highest BCUT2D eigenvalue weighted by atomic mass is 79.9. The molecule has 0 saturated heterocycles. The molecule has 1 heterocycles. The molecule has 3 unspecified atom stereocenters. The molecule has 1 aromatic heterocycles. The van der Waals surface area contributed by atoms with Crippen LogP contribution in [0.4, 0.5) is 0 Å². The van der Waals surface area contributed by atoms with Gasteiger partial charge < -0.3 is 9.73 Å². The first-order valence-electron chi connectivity index (χ1n) is 5.74. The first-order chi connectivity index (χ1) is 7.26. The van der Waals surface area contributed by atoms with Gasteiger partial charge in [0.2, 0.25) is 0 Å².